The summed E-state index contributed by atoms with van der Waals surface area (Å²) < 4.78 is 2.27. The van der Waals surface area contributed by atoms with Gasteiger partial charge in [-0.05, 0) is 43.5 Å². The Hall–Kier alpha value is -2.73. The summed E-state index contributed by atoms with van der Waals surface area (Å²) in [5, 5.41) is 22.7. The number of para-hydroxylation sites is 1. The summed E-state index contributed by atoms with van der Waals surface area (Å²) in [5.74, 6) is 1.13. The third-order valence-corrected chi connectivity index (χ3v) is 5.29. The molecule has 0 aliphatic carbocycles. The van der Waals surface area contributed by atoms with Crippen molar-refractivity contribution in [3.63, 3.8) is 0 Å². The van der Waals surface area contributed by atoms with Crippen molar-refractivity contribution < 1.29 is 14.6 Å². The summed E-state index contributed by atoms with van der Waals surface area (Å²) >= 11 is 0. The number of nitrogens with zero attached hydrogens (tertiary/aromatic N) is 3. The molecule has 6 nitrogen and oxygen atoms in total. The lowest BCUT2D eigenvalue weighted by molar-refractivity contribution is -0.534. The molecule has 26 heavy (non-hydrogen) atoms. The molecule has 0 bridgehead atoms. The van der Waals surface area contributed by atoms with Gasteiger partial charge in [0.25, 0.3) is 17.2 Å². The maximum absolute atomic E-state index is 11.7. The van der Waals surface area contributed by atoms with Crippen LogP contribution in [0, 0.1) is 10.1 Å². The molecule has 0 aromatic heterocycles. The third kappa shape index (κ3) is 2.76. The topological polar surface area (TPSA) is 69.6 Å². The lowest BCUT2D eigenvalue weighted by Crippen LogP contribution is -2.47. The molecule has 2 heterocycles. The number of hydrogen-bond acceptors (Lipinski definition) is 4. The molecular formula is C20H22N3O3+. The molecular weight excluding hydrogens is 330 g/mol. The van der Waals surface area contributed by atoms with Gasteiger partial charge in [-0.25, -0.2) is 0 Å². The Morgan fingerprint density at radius 2 is 1.77 bits per heavy atom. The summed E-state index contributed by atoms with van der Waals surface area (Å²) in [6.45, 7) is 1.39. The molecule has 2 aliphatic heterocycles. The highest BCUT2D eigenvalue weighted by Crippen LogP contribution is 2.38. The molecule has 2 aromatic carbocycles. The van der Waals surface area contributed by atoms with Gasteiger partial charge >= 0.3 is 0 Å². The molecule has 1 atom stereocenters. The fourth-order valence-electron chi connectivity index (χ4n) is 4.03. The van der Waals surface area contributed by atoms with Gasteiger partial charge in [0.1, 0.15) is 5.69 Å². The summed E-state index contributed by atoms with van der Waals surface area (Å²) in [6, 6.07) is 16.1. The van der Waals surface area contributed by atoms with Crippen LogP contribution in [0.4, 0.5) is 11.4 Å². The van der Waals surface area contributed by atoms with Gasteiger partial charge in [-0.2, -0.15) is 4.90 Å². The third-order valence-electron chi connectivity index (χ3n) is 5.29. The van der Waals surface area contributed by atoms with Crippen LogP contribution < -0.4 is 4.90 Å². The molecule has 0 amide bonds. The molecule has 1 unspecified atom stereocenters. The van der Waals surface area contributed by atoms with Crippen LogP contribution in [-0.2, 0) is 5.72 Å². The Morgan fingerprint density at radius 1 is 1.04 bits per heavy atom. The van der Waals surface area contributed by atoms with Crippen molar-refractivity contribution in [2.75, 3.05) is 18.0 Å². The highest BCUT2D eigenvalue weighted by atomic mass is 16.6. The summed E-state index contributed by atoms with van der Waals surface area (Å²) in [4.78, 5) is 12.6. The number of amidine groups is 1. The van der Waals surface area contributed by atoms with E-state index in [2.05, 4.69) is 4.58 Å². The number of hydrogen-bond donors (Lipinski definition) is 1. The highest BCUT2D eigenvalue weighted by molar-refractivity contribution is 5.97. The number of benzene rings is 2. The van der Waals surface area contributed by atoms with Crippen LogP contribution >= 0.6 is 0 Å². The molecule has 2 aromatic rings. The van der Waals surface area contributed by atoms with E-state index in [0.29, 0.717) is 12.1 Å². The molecule has 6 heteroatoms. The Balaban J connectivity index is 1.80. The number of nitro benzene ring substituents is 1. The van der Waals surface area contributed by atoms with E-state index < -0.39 is 10.6 Å². The van der Waals surface area contributed by atoms with Gasteiger partial charge in [-0.3, -0.25) is 14.7 Å². The molecule has 0 fully saturated rings. The van der Waals surface area contributed by atoms with Crippen molar-refractivity contribution in [1.29, 1.82) is 0 Å². The van der Waals surface area contributed by atoms with E-state index in [9.17, 15) is 15.2 Å². The minimum Gasteiger partial charge on any atom is -0.346 e. The van der Waals surface area contributed by atoms with Gasteiger partial charge in [0.15, 0.2) is 6.54 Å². The Kier molecular flexibility index (Phi) is 4.20. The minimum absolute atomic E-state index is 0.0313. The molecule has 1 N–H and O–H groups in total. The molecule has 0 spiro atoms. The van der Waals surface area contributed by atoms with Crippen LogP contribution in [0.25, 0.3) is 0 Å². The molecule has 2 aliphatic rings. The second-order valence-electron chi connectivity index (χ2n) is 6.94. The van der Waals surface area contributed by atoms with Crippen molar-refractivity contribution in [2.45, 2.75) is 31.4 Å². The molecule has 0 saturated carbocycles. The second kappa shape index (κ2) is 6.53. The number of aliphatic hydroxyl groups is 1. The SMILES string of the molecule is O=[N+]([O-])c1ccc(C2(O)C[N+]3=C(CCCCC3)N2c2ccccc2)cc1. The first-order valence-electron chi connectivity index (χ1n) is 9.03. The highest BCUT2D eigenvalue weighted by Gasteiger charge is 2.54. The Labute approximate surface area is 152 Å². The van der Waals surface area contributed by atoms with E-state index in [0.717, 1.165) is 37.3 Å². The van der Waals surface area contributed by atoms with E-state index in [1.54, 1.807) is 12.1 Å². The molecule has 0 radical (unpaired) electrons. The Morgan fingerprint density at radius 3 is 2.46 bits per heavy atom. The number of nitro groups is 1. The van der Waals surface area contributed by atoms with Gasteiger partial charge in [-0.1, -0.05) is 18.2 Å². The standard InChI is InChI=1S/C20H22N3O3/c24-20(16-10-12-18(13-11-16)23(25)26)15-21-14-6-2-5-9-19(21)22(20)17-7-3-1-4-8-17/h1,3-4,7-8,10-13,24H,2,5-6,9,14-15H2/q+1. The van der Waals surface area contributed by atoms with Crippen molar-refractivity contribution in [3.05, 3.63) is 70.3 Å². The van der Waals surface area contributed by atoms with Crippen LogP contribution in [0.3, 0.4) is 0 Å². The molecule has 4 rings (SSSR count). The molecule has 0 saturated heterocycles. The number of anilines is 1. The monoisotopic (exact) mass is 352 g/mol. The van der Waals surface area contributed by atoms with Crippen LogP contribution in [0.1, 0.15) is 31.2 Å². The predicted octanol–water partition coefficient (Wildman–Crippen LogP) is 3.25. The van der Waals surface area contributed by atoms with Crippen molar-refractivity contribution >= 4 is 17.2 Å². The van der Waals surface area contributed by atoms with Gasteiger partial charge in [0.05, 0.1) is 11.5 Å². The van der Waals surface area contributed by atoms with Crippen LogP contribution in [-0.4, -0.2) is 33.5 Å². The summed E-state index contributed by atoms with van der Waals surface area (Å²) in [6.07, 6.45) is 4.33. The van der Waals surface area contributed by atoms with Crippen LogP contribution in [0.15, 0.2) is 54.6 Å². The lowest BCUT2D eigenvalue weighted by atomic mass is 9.99. The summed E-state index contributed by atoms with van der Waals surface area (Å²) in [7, 11) is 0. The van der Waals surface area contributed by atoms with Crippen molar-refractivity contribution in [2.24, 2.45) is 0 Å². The number of non-ortho nitro benzene ring substituents is 1. The van der Waals surface area contributed by atoms with Gasteiger partial charge in [0.2, 0.25) is 0 Å². The smallest absolute Gasteiger partial charge is 0.275 e. The predicted molar refractivity (Wildman–Crippen MR) is 99.4 cm³/mol. The van der Waals surface area contributed by atoms with E-state index in [1.807, 2.05) is 35.2 Å². The fourth-order valence-corrected chi connectivity index (χ4v) is 4.03. The van der Waals surface area contributed by atoms with E-state index in [-0.39, 0.29) is 5.69 Å². The van der Waals surface area contributed by atoms with Crippen LogP contribution in [0.5, 0.6) is 0 Å². The minimum atomic E-state index is -1.23. The first kappa shape index (κ1) is 16.7. The van der Waals surface area contributed by atoms with Crippen LogP contribution in [0.2, 0.25) is 0 Å². The normalized spacial score (nSPS) is 22.9. The first-order chi connectivity index (χ1) is 12.6. The van der Waals surface area contributed by atoms with Crippen molar-refractivity contribution in [3.8, 4) is 0 Å². The zero-order chi connectivity index (χ0) is 18.1. The van der Waals surface area contributed by atoms with E-state index in [4.69, 9.17) is 0 Å². The van der Waals surface area contributed by atoms with Gasteiger partial charge < -0.3 is 5.11 Å². The second-order valence-corrected chi connectivity index (χ2v) is 6.94. The van der Waals surface area contributed by atoms with E-state index >= 15 is 0 Å². The average Bonchev–Trinajstić information content (AvgIpc) is 2.79. The number of rotatable bonds is 3. The molecule has 134 valence electrons. The van der Waals surface area contributed by atoms with Gasteiger partial charge in [0, 0.05) is 24.1 Å². The lowest BCUT2D eigenvalue weighted by Gasteiger charge is -2.29. The van der Waals surface area contributed by atoms with Gasteiger partial charge in [-0.15, -0.1) is 0 Å². The fraction of sp³-hybridized carbons (Fsp3) is 0.350. The zero-order valence-corrected chi connectivity index (χ0v) is 14.5. The first-order valence-corrected chi connectivity index (χ1v) is 9.03. The zero-order valence-electron chi connectivity index (χ0n) is 14.5. The van der Waals surface area contributed by atoms with Crippen molar-refractivity contribution in [1.82, 2.24) is 0 Å². The Bertz CT molecular complexity index is 848. The summed E-state index contributed by atoms with van der Waals surface area (Å²) in [5.41, 5.74) is 0.410. The maximum Gasteiger partial charge on any atom is 0.275 e. The average molecular weight is 352 g/mol. The quantitative estimate of drug-likeness (QED) is 0.523. The largest absolute Gasteiger partial charge is 0.346 e. The maximum atomic E-state index is 11.7. The van der Waals surface area contributed by atoms with E-state index in [1.165, 1.54) is 18.6 Å².